The van der Waals surface area contributed by atoms with E-state index in [-0.39, 0.29) is 5.78 Å². The zero-order valence-corrected chi connectivity index (χ0v) is 12.3. The Morgan fingerprint density at radius 2 is 2.10 bits per heavy atom. The highest BCUT2D eigenvalue weighted by Crippen LogP contribution is 2.17. The average molecular weight is 290 g/mol. The average Bonchev–Trinajstić information content (AvgIpc) is 2.94. The van der Waals surface area contributed by atoms with Crippen molar-refractivity contribution < 1.29 is 9.53 Å². The van der Waals surface area contributed by atoms with Gasteiger partial charge in [0.05, 0.1) is 11.6 Å². The van der Waals surface area contributed by atoms with Crippen molar-refractivity contribution in [1.29, 1.82) is 0 Å². The van der Waals surface area contributed by atoms with Crippen LogP contribution in [0.4, 0.5) is 0 Å². The number of hydrogen-bond acceptors (Lipinski definition) is 5. The largest absolute Gasteiger partial charge is 0.494 e. The number of ketones is 1. The summed E-state index contributed by atoms with van der Waals surface area (Å²) in [6, 6.07) is 7.18. The van der Waals surface area contributed by atoms with Crippen molar-refractivity contribution in [2.75, 3.05) is 13.2 Å². The molecule has 4 nitrogen and oxygen atoms in total. The number of benzene rings is 1. The highest BCUT2D eigenvalue weighted by Gasteiger charge is 2.13. The minimum absolute atomic E-state index is 0.0634. The predicted octanol–water partition coefficient (Wildman–Crippen LogP) is 2.66. The molecule has 0 saturated carbocycles. The van der Waals surface area contributed by atoms with Gasteiger partial charge in [-0.25, -0.2) is 4.98 Å². The van der Waals surface area contributed by atoms with Crippen molar-refractivity contribution in [3.63, 3.8) is 0 Å². The van der Waals surface area contributed by atoms with Crippen LogP contribution in [0.3, 0.4) is 0 Å². The van der Waals surface area contributed by atoms with Crippen molar-refractivity contribution in [2.24, 2.45) is 5.73 Å². The molecule has 106 valence electrons. The Labute approximate surface area is 122 Å². The number of carbonyl (C=O) groups excluding carboxylic acids is 1. The zero-order valence-electron chi connectivity index (χ0n) is 11.5. The molecule has 0 aliphatic carbocycles. The number of hydrogen-bond donors (Lipinski definition) is 1. The third-order valence-electron chi connectivity index (χ3n) is 2.73. The van der Waals surface area contributed by atoms with Gasteiger partial charge in [0, 0.05) is 17.4 Å². The highest BCUT2D eigenvalue weighted by molar-refractivity contribution is 7.09. The van der Waals surface area contributed by atoms with E-state index in [1.807, 2.05) is 12.1 Å². The first-order valence-electron chi connectivity index (χ1n) is 6.66. The van der Waals surface area contributed by atoms with E-state index in [4.69, 9.17) is 10.5 Å². The molecule has 2 N–H and O–H groups in total. The molecule has 0 spiro atoms. The molecule has 0 atom stereocenters. The van der Waals surface area contributed by atoms with Crippen molar-refractivity contribution in [1.82, 2.24) is 4.98 Å². The Morgan fingerprint density at radius 1 is 1.35 bits per heavy atom. The summed E-state index contributed by atoms with van der Waals surface area (Å²) in [5, 5.41) is 2.69. The molecule has 0 unspecified atom stereocenters. The molecule has 0 aliphatic rings. The molecule has 0 bridgehead atoms. The smallest absolute Gasteiger partial charge is 0.212 e. The van der Waals surface area contributed by atoms with Gasteiger partial charge < -0.3 is 10.5 Å². The van der Waals surface area contributed by atoms with Gasteiger partial charge in [-0.15, -0.1) is 11.3 Å². The van der Waals surface area contributed by atoms with Gasteiger partial charge in [0.15, 0.2) is 0 Å². The molecule has 1 heterocycles. The Hall–Kier alpha value is -1.72. The summed E-state index contributed by atoms with van der Waals surface area (Å²) in [6.07, 6.45) is 1.67. The molecule has 1 aromatic heterocycles. The van der Waals surface area contributed by atoms with Crippen LogP contribution >= 0.6 is 11.3 Å². The third-order valence-corrected chi connectivity index (χ3v) is 3.64. The monoisotopic (exact) mass is 290 g/mol. The van der Waals surface area contributed by atoms with Crippen LogP contribution in [-0.4, -0.2) is 23.9 Å². The van der Waals surface area contributed by atoms with E-state index in [1.165, 1.54) is 11.3 Å². The maximum Gasteiger partial charge on any atom is 0.212 e. The van der Waals surface area contributed by atoms with Gasteiger partial charge in [-0.1, -0.05) is 6.92 Å². The van der Waals surface area contributed by atoms with Crippen LogP contribution in [0.1, 0.15) is 34.4 Å². The second kappa shape index (κ2) is 7.17. The summed E-state index contributed by atoms with van der Waals surface area (Å²) in [5.41, 5.74) is 6.59. The van der Waals surface area contributed by atoms with Crippen LogP contribution in [-0.2, 0) is 6.42 Å². The van der Waals surface area contributed by atoms with Crippen LogP contribution in [0.5, 0.6) is 5.75 Å². The molecule has 5 heteroatoms. The summed E-state index contributed by atoms with van der Waals surface area (Å²) in [4.78, 5) is 16.6. The Bertz CT molecular complexity index is 564. The number of ether oxygens (including phenoxy) is 1. The summed E-state index contributed by atoms with van der Waals surface area (Å²) >= 11 is 1.47. The van der Waals surface area contributed by atoms with Crippen molar-refractivity contribution in [3.8, 4) is 5.75 Å². The first-order chi connectivity index (χ1) is 9.74. The summed E-state index contributed by atoms with van der Waals surface area (Å²) in [5.74, 6) is 0.720. The van der Waals surface area contributed by atoms with Crippen LogP contribution in [0.25, 0.3) is 0 Å². The first kappa shape index (κ1) is 14.7. The van der Waals surface area contributed by atoms with Crippen molar-refractivity contribution >= 4 is 17.1 Å². The SMILES string of the molecule is CCCOc1ccc(C(=O)c2csc(CCN)n2)cc1. The second-order valence-corrected chi connectivity index (χ2v) is 5.31. The fourth-order valence-corrected chi connectivity index (χ4v) is 2.52. The lowest BCUT2D eigenvalue weighted by atomic mass is 10.1. The highest BCUT2D eigenvalue weighted by atomic mass is 32.1. The predicted molar refractivity (Wildman–Crippen MR) is 80.5 cm³/mol. The lowest BCUT2D eigenvalue weighted by Crippen LogP contribution is -2.05. The van der Waals surface area contributed by atoms with Crippen molar-refractivity contribution in [2.45, 2.75) is 19.8 Å². The Balaban J connectivity index is 2.07. The molecule has 0 saturated heterocycles. The second-order valence-electron chi connectivity index (χ2n) is 4.37. The van der Waals surface area contributed by atoms with Gasteiger partial charge in [0.2, 0.25) is 5.78 Å². The molecule has 2 rings (SSSR count). The van der Waals surface area contributed by atoms with Crippen LogP contribution in [0, 0.1) is 0 Å². The molecular formula is C15H18N2O2S. The number of carbonyl (C=O) groups is 1. The van der Waals surface area contributed by atoms with E-state index < -0.39 is 0 Å². The van der Waals surface area contributed by atoms with E-state index in [0.717, 1.165) is 17.2 Å². The fraction of sp³-hybridized carbons (Fsp3) is 0.333. The fourth-order valence-electron chi connectivity index (χ4n) is 1.72. The normalized spacial score (nSPS) is 10.5. The molecular weight excluding hydrogens is 272 g/mol. The van der Waals surface area contributed by atoms with Gasteiger partial charge >= 0.3 is 0 Å². The molecule has 0 amide bonds. The Kier molecular flexibility index (Phi) is 5.26. The Morgan fingerprint density at radius 3 is 2.75 bits per heavy atom. The van der Waals surface area contributed by atoms with Gasteiger partial charge in [-0.2, -0.15) is 0 Å². The molecule has 20 heavy (non-hydrogen) atoms. The number of nitrogens with two attached hydrogens (primary N) is 1. The molecule has 1 aromatic carbocycles. The molecule has 0 radical (unpaired) electrons. The summed E-state index contributed by atoms with van der Waals surface area (Å²) in [6.45, 7) is 3.28. The quantitative estimate of drug-likeness (QED) is 0.796. The first-order valence-corrected chi connectivity index (χ1v) is 7.54. The van der Waals surface area contributed by atoms with Gasteiger partial charge in [0.1, 0.15) is 11.4 Å². The van der Waals surface area contributed by atoms with Gasteiger partial charge in [-0.3, -0.25) is 4.79 Å². The van der Waals surface area contributed by atoms with E-state index in [1.54, 1.807) is 17.5 Å². The summed E-state index contributed by atoms with van der Waals surface area (Å²) < 4.78 is 5.49. The van der Waals surface area contributed by atoms with Crippen LogP contribution < -0.4 is 10.5 Å². The maximum atomic E-state index is 12.3. The zero-order chi connectivity index (χ0) is 14.4. The number of rotatable bonds is 7. The van der Waals surface area contributed by atoms with E-state index >= 15 is 0 Å². The third kappa shape index (κ3) is 3.65. The van der Waals surface area contributed by atoms with Crippen molar-refractivity contribution in [3.05, 3.63) is 45.9 Å². The maximum absolute atomic E-state index is 12.3. The minimum atomic E-state index is -0.0634. The standard InChI is InChI=1S/C15H18N2O2S/c1-2-9-19-12-5-3-11(4-6-12)15(18)13-10-20-14(17-13)7-8-16/h3-6,10H,2,7-9,16H2,1H3. The van der Waals surface area contributed by atoms with Crippen LogP contribution in [0.2, 0.25) is 0 Å². The molecule has 2 aromatic rings. The topological polar surface area (TPSA) is 65.2 Å². The van der Waals surface area contributed by atoms with Gasteiger partial charge in [-0.05, 0) is 37.2 Å². The molecule has 0 fully saturated rings. The minimum Gasteiger partial charge on any atom is -0.494 e. The van der Waals surface area contributed by atoms with E-state index in [2.05, 4.69) is 11.9 Å². The van der Waals surface area contributed by atoms with Gasteiger partial charge in [0.25, 0.3) is 0 Å². The number of thiazole rings is 1. The molecule has 0 aliphatic heterocycles. The summed E-state index contributed by atoms with van der Waals surface area (Å²) in [7, 11) is 0. The number of aromatic nitrogens is 1. The van der Waals surface area contributed by atoms with Crippen LogP contribution in [0.15, 0.2) is 29.6 Å². The number of nitrogens with zero attached hydrogens (tertiary/aromatic N) is 1. The lowest BCUT2D eigenvalue weighted by Gasteiger charge is -2.04. The van der Waals surface area contributed by atoms with E-state index in [0.29, 0.717) is 30.8 Å². The lowest BCUT2D eigenvalue weighted by molar-refractivity contribution is 0.103. The van der Waals surface area contributed by atoms with E-state index in [9.17, 15) is 4.79 Å².